The van der Waals surface area contributed by atoms with E-state index in [1.807, 2.05) is 33.8 Å². The van der Waals surface area contributed by atoms with Crippen molar-refractivity contribution in [2.75, 3.05) is 4.90 Å². The number of nitrogens with zero attached hydrogens (tertiary/aromatic N) is 1. The molecule has 0 spiro atoms. The third-order valence-corrected chi connectivity index (χ3v) is 15.2. The first kappa shape index (κ1) is 45.5. The Morgan fingerprint density at radius 3 is 1.78 bits per heavy atom. The zero-order valence-electron chi connectivity index (χ0n) is 42.5. The molecule has 3 heteroatoms. The third kappa shape index (κ3) is 7.09. The summed E-state index contributed by atoms with van der Waals surface area (Å²) in [5.41, 5.74) is 19.9. The highest BCUT2D eigenvalue weighted by Crippen LogP contribution is 2.58. The fourth-order valence-corrected chi connectivity index (χ4v) is 11.9. The van der Waals surface area contributed by atoms with E-state index in [4.69, 9.17) is 8.83 Å². The predicted octanol–water partition coefficient (Wildman–Crippen LogP) is 20.6. The van der Waals surface area contributed by atoms with Crippen molar-refractivity contribution in [1.29, 1.82) is 0 Å². The van der Waals surface area contributed by atoms with Crippen LogP contribution in [-0.2, 0) is 5.41 Å². The summed E-state index contributed by atoms with van der Waals surface area (Å²) in [5.74, 6) is 0. The molecule has 0 aliphatic heterocycles. The molecule has 0 saturated heterocycles. The summed E-state index contributed by atoms with van der Waals surface area (Å²) in [5, 5.41) is 9.37. The van der Waals surface area contributed by atoms with Gasteiger partial charge in [0.25, 0.3) is 0 Å². The van der Waals surface area contributed by atoms with Crippen molar-refractivity contribution >= 4 is 82.5 Å². The zero-order valence-corrected chi connectivity index (χ0v) is 42.5. The molecule has 14 rings (SSSR count). The van der Waals surface area contributed by atoms with Crippen molar-refractivity contribution in [2.24, 2.45) is 0 Å². The van der Waals surface area contributed by atoms with E-state index in [0.717, 1.165) is 61.1 Å². The summed E-state index contributed by atoms with van der Waals surface area (Å²) in [6.07, 6.45) is 0. The Morgan fingerprint density at radius 2 is 0.986 bits per heavy atom. The van der Waals surface area contributed by atoms with Crippen LogP contribution in [0.4, 0.5) is 17.1 Å². The molecule has 1 atom stereocenters. The maximum Gasteiger partial charge on any atom is 0.137 e. The lowest BCUT2D eigenvalue weighted by atomic mass is 9.73. The average molecular weight is 944 g/mol. The number of rotatable bonds is 6. The lowest BCUT2D eigenvalue weighted by molar-refractivity contribution is 0.668. The summed E-state index contributed by atoms with van der Waals surface area (Å²) in [4.78, 5) is 2.45. The number of aryl methyl sites for hydroxylation is 2. The molecule has 0 amide bonds. The van der Waals surface area contributed by atoms with Crippen molar-refractivity contribution in [3.63, 3.8) is 0 Å². The standard InChI is InChI=1S/C66H45NO2.2C2H6/c1-40-16-7-9-20-47(40)48-33-30-45(36-41(48)2)67(58-25-15-27-60-65(58)53-24-13-14-26-59(53)68-60)46-31-34-52-56(38-46)66(3,44-18-5-4-6-19-44)57-39-55(50-22-11-12-23-51(50)63(52)57)43-28-32-54-62(37-43)69-61-35-29-42-17-8-10-21-49(42)64(54)61;2*1-2/h4-39H,1-3H3;2*1-2H3. The highest BCUT2D eigenvalue weighted by molar-refractivity contribution is 6.20. The fraction of sp³-hybridized carbons (Fsp3) is 0.114. The van der Waals surface area contributed by atoms with Gasteiger partial charge in [0.1, 0.15) is 22.3 Å². The van der Waals surface area contributed by atoms with Crippen LogP contribution in [0.2, 0.25) is 0 Å². The Balaban J connectivity index is 0.00000133. The second kappa shape index (κ2) is 18.2. The molecule has 0 saturated carbocycles. The van der Waals surface area contributed by atoms with Crippen molar-refractivity contribution in [1.82, 2.24) is 0 Å². The number of para-hydroxylation sites is 1. The minimum Gasteiger partial charge on any atom is -0.456 e. The Labute approximate surface area is 427 Å². The van der Waals surface area contributed by atoms with Crippen LogP contribution >= 0.6 is 0 Å². The maximum absolute atomic E-state index is 6.67. The summed E-state index contributed by atoms with van der Waals surface area (Å²) >= 11 is 0. The van der Waals surface area contributed by atoms with E-state index < -0.39 is 5.41 Å². The first-order valence-electron chi connectivity index (χ1n) is 25.9. The van der Waals surface area contributed by atoms with Gasteiger partial charge in [0, 0.05) is 32.9 Å². The molecule has 0 fully saturated rings. The smallest absolute Gasteiger partial charge is 0.137 e. The molecule has 354 valence electrons. The summed E-state index contributed by atoms with van der Waals surface area (Å²) in [6.45, 7) is 14.9. The third-order valence-electron chi connectivity index (χ3n) is 15.2. The lowest BCUT2D eigenvalue weighted by Gasteiger charge is -2.31. The van der Waals surface area contributed by atoms with Crippen LogP contribution in [0, 0.1) is 13.8 Å². The highest BCUT2D eigenvalue weighted by Gasteiger charge is 2.43. The number of hydrogen-bond donors (Lipinski definition) is 0. The molecule has 1 unspecified atom stereocenters. The molecule has 1 aliphatic rings. The van der Waals surface area contributed by atoms with Crippen LogP contribution in [0.5, 0.6) is 0 Å². The minimum absolute atomic E-state index is 0.506. The number of hydrogen-bond acceptors (Lipinski definition) is 3. The SMILES string of the molecule is CC.CC.Cc1ccccc1-c1ccc(N(c2ccc3c(c2)C(C)(c2ccccc2)c2cc(-c4ccc5c(c4)oc4ccc6ccccc6c45)c4ccccc4c2-3)c2cccc3oc4ccccc4c23)cc1C. The summed E-state index contributed by atoms with van der Waals surface area (Å²) in [7, 11) is 0. The molecule has 0 bridgehead atoms. The first-order chi connectivity index (χ1) is 35.9. The van der Waals surface area contributed by atoms with Gasteiger partial charge in [0.05, 0.1) is 11.1 Å². The first-order valence-corrected chi connectivity index (χ1v) is 25.9. The van der Waals surface area contributed by atoms with Crippen LogP contribution in [0.1, 0.15) is 62.4 Å². The molecule has 3 nitrogen and oxygen atoms in total. The van der Waals surface area contributed by atoms with Crippen molar-refractivity contribution in [2.45, 2.75) is 53.9 Å². The van der Waals surface area contributed by atoms with Gasteiger partial charge < -0.3 is 13.7 Å². The van der Waals surface area contributed by atoms with Crippen molar-refractivity contribution in [3.05, 3.63) is 246 Å². The molecule has 1 aliphatic carbocycles. The number of anilines is 3. The van der Waals surface area contributed by atoms with Gasteiger partial charge >= 0.3 is 0 Å². The monoisotopic (exact) mass is 943 g/mol. The maximum atomic E-state index is 6.67. The Morgan fingerprint density at radius 1 is 0.370 bits per heavy atom. The highest BCUT2D eigenvalue weighted by atomic mass is 16.3. The normalized spacial score (nSPS) is 13.7. The van der Waals surface area contributed by atoms with E-state index in [-0.39, 0.29) is 0 Å². The van der Waals surface area contributed by atoms with Gasteiger partial charge in [-0.25, -0.2) is 0 Å². The zero-order chi connectivity index (χ0) is 50.0. The topological polar surface area (TPSA) is 29.5 Å². The van der Waals surface area contributed by atoms with Crippen LogP contribution in [0.15, 0.2) is 227 Å². The molecule has 11 aromatic carbocycles. The second-order valence-corrected chi connectivity index (χ2v) is 19.0. The number of furan rings is 2. The number of fused-ring (bicyclic) bond motifs is 13. The minimum atomic E-state index is -0.506. The molecular formula is C70H57NO2. The van der Waals surface area contributed by atoms with Gasteiger partial charge in [-0.3, -0.25) is 0 Å². The molecule has 0 radical (unpaired) electrons. The van der Waals surface area contributed by atoms with Gasteiger partial charge in [-0.05, 0) is 170 Å². The van der Waals surface area contributed by atoms with Crippen LogP contribution in [-0.4, -0.2) is 0 Å². The largest absolute Gasteiger partial charge is 0.456 e. The van der Waals surface area contributed by atoms with Crippen molar-refractivity contribution in [3.8, 4) is 33.4 Å². The lowest BCUT2D eigenvalue weighted by Crippen LogP contribution is -2.23. The Kier molecular flexibility index (Phi) is 11.3. The van der Waals surface area contributed by atoms with Gasteiger partial charge in [0.2, 0.25) is 0 Å². The molecule has 2 heterocycles. The van der Waals surface area contributed by atoms with Gasteiger partial charge in [-0.15, -0.1) is 0 Å². The quantitative estimate of drug-likeness (QED) is 0.166. The predicted molar refractivity (Wildman–Crippen MR) is 311 cm³/mol. The van der Waals surface area contributed by atoms with E-state index >= 15 is 0 Å². The number of benzene rings is 11. The van der Waals surface area contributed by atoms with E-state index in [1.165, 1.54) is 82.6 Å². The Hall–Kier alpha value is -8.66. The van der Waals surface area contributed by atoms with Crippen LogP contribution in [0.3, 0.4) is 0 Å². The average Bonchev–Trinajstić information content (AvgIpc) is 4.11. The van der Waals surface area contributed by atoms with Gasteiger partial charge in [-0.1, -0.05) is 179 Å². The van der Waals surface area contributed by atoms with E-state index in [1.54, 1.807) is 0 Å². The van der Waals surface area contributed by atoms with Gasteiger partial charge in [0.15, 0.2) is 0 Å². The molecule has 73 heavy (non-hydrogen) atoms. The van der Waals surface area contributed by atoms with Crippen LogP contribution in [0.25, 0.3) is 98.8 Å². The Bertz CT molecular complexity index is 4250. The molecular weight excluding hydrogens is 887 g/mol. The second-order valence-electron chi connectivity index (χ2n) is 19.0. The summed E-state index contributed by atoms with van der Waals surface area (Å²) in [6, 6.07) is 79.8. The van der Waals surface area contributed by atoms with Gasteiger partial charge in [-0.2, -0.15) is 0 Å². The fourth-order valence-electron chi connectivity index (χ4n) is 11.9. The molecule has 13 aromatic rings. The van der Waals surface area contributed by atoms with E-state index in [0.29, 0.717) is 0 Å². The molecule has 2 aromatic heterocycles. The van der Waals surface area contributed by atoms with E-state index in [9.17, 15) is 0 Å². The van der Waals surface area contributed by atoms with Crippen molar-refractivity contribution < 1.29 is 8.83 Å². The van der Waals surface area contributed by atoms with E-state index in [2.05, 4.69) is 238 Å². The van der Waals surface area contributed by atoms with Crippen LogP contribution < -0.4 is 4.90 Å². The summed E-state index contributed by atoms with van der Waals surface area (Å²) < 4.78 is 13.2. The molecule has 0 N–H and O–H groups in total.